The van der Waals surface area contributed by atoms with Gasteiger partial charge in [0, 0.05) is 24.4 Å². The summed E-state index contributed by atoms with van der Waals surface area (Å²) in [4.78, 5) is 21.4. The first-order valence-electron chi connectivity index (χ1n) is 7.55. The third-order valence-electron chi connectivity index (χ3n) is 4.35. The van der Waals surface area contributed by atoms with Gasteiger partial charge in [0.25, 0.3) is 0 Å². The lowest BCUT2D eigenvalue weighted by Gasteiger charge is -2.09. The molecule has 0 aliphatic carbocycles. The Kier molecular flexibility index (Phi) is 3.15. The van der Waals surface area contributed by atoms with Crippen molar-refractivity contribution in [3.63, 3.8) is 0 Å². The van der Waals surface area contributed by atoms with Crippen LogP contribution in [0.5, 0.6) is 5.75 Å². The Hall–Kier alpha value is -3.10. The highest BCUT2D eigenvalue weighted by atomic mass is 16.5. The van der Waals surface area contributed by atoms with Gasteiger partial charge in [-0.05, 0) is 18.6 Å². The number of likely N-dealkylation sites (tertiary alicyclic amines) is 1. The summed E-state index contributed by atoms with van der Waals surface area (Å²) in [5.74, 6) is 1.38. The Balaban J connectivity index is 1.85. The molecule has 1 aliphatic rings. The van der Waals surface area contributed by atoms with Crippen molar-refractivity contribution in [1.29, 1.82) is 0 Å². The molecule has 1 amide bonds. The number of amides is 1. The van der Waals surface area contributed by atoms with Gasteiger partial charge in [-0.3, -0.25) is 0 Å². The highest BCUT2D eigenvalue weighted by molar-refractivity contribution is 5.95. The predicted octanol–water partition coefficient (Wildman–Crippen LogP) is 1.34. The van der Waals surface area contributed by atoms with E-state index in [1.54, 1.807) is 7.11 Å². The fourth-order valence-corrected chi connectivity index (χ4v) is 3.12. The number of benzene rings is 1. The lowest BCUT2D eigenvalue weighted by atomic mass is 10.1. The van der Waals surface area contributed by atoms with E-state index >= 15 is 0 Å². The van der Waals surface area contributed by atoms with Crippen LogP contribution in [-0.4, -0.2) is 55.9 Å². The lowest BCUT2D eigenvalue weighted by Crippen LogP contribution is -2.26. The Morgan fingerprint density at radius 1 is 1.42 bits per heavy atom. The number of hydrogen-bond donors (Lipinski definition) is 2. The van der Waals surface area contributed by atoms with Gasteiger partial charge in [0.05, 0.1) is 7.11 Å². The first-order valence-corrected chi connectivity index (χ1v) is 7.55. The number of ether oxygens (including phenoxy) is 1. The van der Waals surface area contributed by atoms with Gasteiger partial charge in [-0.2, -0.15) is 4.52 Å². The molecule has 0 spiro atoms. The zero-order valence-electron chi connectivity index (χ0n) is 13.0. The third-order valence-corrected chi connectivity index (χ3v) is 4.35. The van der Waals surface area contributed by atoms with Gasteiger partial charge in [0.1, 0.15) is 11.3 Å². The molecular weight excluding hydrogens is 312 g/mol. The van der Waals surface area contributed by atoms with E-state index in [1.807, 2.05) is 18.2 Å². The lowest BCUT2D eigenvalue weighted by molar-refractivity contribution is 0.155. The molecule has 0 unspecified atom stereocenters. The third kappa shape index (κ3) is 2.08. The number of methoxy groups -OCH3 is 1. The van der Waals surface area contributed by atoms with Gasteiger partial charge >= 0.3 is 6.09 Å². The molecule has 1 saturated heterocycles. The van der Waals surface area contributed by atoms with Crippen LogP contribution in [-0.2, 0) is 0 Å². The average Bonchev–Trinajstić information content (AvgIpc) is 3.22. The Morgan fingerprint density at radius 2 is 2.25 bits per heavy atom. The summed E-state index contributed by atoms with van der Waals surface area (Å²) < 4.78 is 6.83. The van der Waals surface area contributed by atoms with E-state index in [2.05, 4.69) is 15.1 Å². The molecule has 3 N–H and O–H groups in total. The van der Waals surface area contributed by atoms with Gasteiger partial charge in [-0.1, -0.05) is 6.07 Å². The molecule has 4 rings (SSSR count). The molecule has 2 aromatic heterocycles. The summed E-state index contributed by atoms with van der Waals surface area (Å²) in [6.45, 7) is 0.874. The highest BCUT2D eigenvalue weighted by Gasteiger charge is 2.30. The second-order valence-electron chi connectivity index (χ2n) is 5.75. The van der Waals surface area contributed by atoms with E-state index in [4.69, 9.17) is 15.6 Å². The van der Waals surface area contributed by atoms with Crippen LogP contribution in [0.15, 0.2) is 18.2 Å². The number of aromatic nitrogens is 4. The van der Waals surface area contributed by atoms with Crippen molar-refractivity contribution in [2.45, 2.75) is 12.3 Å². The second kappa shape index (κ2) is 5.22. The first-order chi connectivity index (χ1) is 11.6. The van der Waals surface area contributed by atoms with Crippen LogP contribution in [0.1, 0.15) is 18.2 Å². The molecule has 9 heteroatoms. The van der Waals surface area contributed by atoms with E-state index in [9.17, 15) is 4.79 Å². The van der Waals surface area contributed by atoms with Crippen molar-refractivity contribution in [3.8, 4) is 5.75 Å². The molecule has 3 heterocycles. The SMILES string of the molecule is COc1cccc2c1nc(N)n1nc([C@@H]3CCN(C(=O)O)C3)nc21. The maximum Gasteiger partial charge on any atom is 0.407 e. The smallest absolute Gasteiger partial charge is 0.407 e. The van der Waals surface area contributed by atoms with E-state index < -0.39 is 6.09 Å². The van der Waals surface area contributed by atoms with Crippen molar-refractivity contribution >= 4 is 28.6 Å². The molecule has 124 valence electrons. The van der Waals surface area contributed by atoms with Crippen LogP contribution in [0.4, 0.5) is 10.7 Å². The minimum absolute atomic E-state index is 0.0407. The van der Waals surface area contributed by atoms with Gasteiger partial charge < -0.3 is 20.5 Å². The number of anilines is 1. The molecular formula is C15H16N6O3. The van der Waals surface area contributed by atoms with Crippen molar-refractivity contribution in [1.82, 2.24) is 24.5 Å². The number of para-hydroxylation sites is 1. The molecule has 1 aromatic carbocycles. The fourth-order valence-electron chi connectivity index (χ4n) is 3.12. The van der Waals surface area contributed by atoms with Gasteiger partial charge in [-0.15, -0.1) is 5.10 Å². The largest absolute Gasteiger partial charge is 0.494 e. The van der Waals surface area contributed by atoms with Crippen LogP contribution in [0.2, 0.25) is 0 Å². The summed E-state index contributed by atoms with van der Waals surface area (Å²) in [5.41, 5.74) is 7.25. The molecule has 1 atom stereocenters. The van der Waals surface area contributed by atoms with E-state index in [1.165, 1.54) is 9.42 Å². The van der Waals surface area contributed by atoms with Crippen molar-refractivity contribution < 1.29 is 14.6 Å². The average molecular weight is 328 g/mol. The fraction of sp³-hybridized carbons (Fsp3) is 0.333. The minimum atomic E-state index is -0.919. The molecule has 0 saturated carbocycles. The Bertz CT molecular complexity index is 953. The topological polar surface area (TPSA) is 119 Å². The van der Waals surface area contributed by atoms with Gasteiger partial charge in [0.2, 0.25) is 5.95 Å². The monoisotopic (exact) mass is 328 g/mol. The molecule has 1 aliphatic heterocycles. The summed E-state index contributed by atoms with van der Waals surface area (Å²) in [5, 5.41) is 14.3. The van der Waals surface area contributed by atoms with Crippen LogP contribution < -0.4 is 10.5 Å². The number of carbonyl (C=O) groups is 1. The number of carboxylic acid groups (broad SMARTS) is 1. The van der Waals surface area contributed by atoms with Crippen LogP contribution in [0, 0.1) is 0 Å². The van der Waals surface area contributed by atoms with Crippen LogP contribution >= 0.6 is 0 Å². The van der Waals surface area contributed by atoms with E-state index in [0.29, 0.717) is 42.2 Å². The number of fused-ring (bicyclic) bond motifs is 3. The minimum Gasteiger partial charge on any atom is -0.494 e. The Morgan fingerprint density at radius 3 is 2.96 bits per heavy atom. The zero-order valence-corrected chi connectivity index (χ0v) is 13.0. The molecule has 3 aromatic rings. The predicted molar refractivity (Wildman–Crippen MR) is 86.2 cm³/mol. The number of nitrogen functional groups attached to an aromatic ring is 1. The second-order valence-corrected chi connectivity index (χ2v) is 5.75. The summed E-state index contributed by atoms with van der Waals surface area (Å²) in [7, 11) is 1.57. The Labute approximate surface area is 136 Å². The molecule has 1 fully saturated rings. The quantitative estimate of drug-likeness (QED) is 0.728. The van der Waals surface area contributed by atoms with Gasteiger partial charge in [0.15, 0.2) is 11.5 Å². The highest BCUT2D eigenvalue weighted by Crippen LogP contribution is 2.30. The number of nitrogens with two attached hydrogens (primary N) is 1. The number of nitrogens with zero attached hydrogens (tertiary/aromatic N) is 5. The summed E-state index contributed by atoms with van der Waals surface area (Å²) >= 11 is 0. The van der Waals surface area contributed by atoms with Crippen LogP contribution in [0.3, 0.4) is 0 Å². The van der Waals surface area contributed by atoms with E-state index in [0.717, 1.165) is 5.39 Å². The normalized spacial score (nSPS) is 17.7. The first kappa shape index (κ1) is 14.5. The maximum atomic E-state index is 11.1. The van der Waals surface area contributed by atoms with Crippen LogP contribution in [0.25, 0.3) is 16.6 Å². The standard InChI is InChI=1S/C15H16N6O3/c1-24-10-4-2-3-9-11(10)17-14(16)21-13(9)18-12(19-21)8-5-6-20(7-8)15(22)23/h2-4,8H,5-7H2,1H3,(H2,16,17)(H,22,23)/t8-/m1/s1. The van der Waals surface area contributed by atoms with Gasteiger partial charge in [-0.25, -0.2) is 14.8 Å². The summed E-state index contributed by atoms with van der Waals surface area (Å²) in [6.07, 6.45) is -0.227. The number of hydrogen-bond acceptors (Lipinski definition) is 6. The molecule has 24 heavy (non-hydrogen) atoms. The maximum absolute atomic E-state index is 11.1. The zero-order chi connectivity index (χ0) is 16.8. The van der Waals surface area contributed by atoms with E-state index in [-0.39, 0.29) is 11.9 Å². The van der Waals surface area contributed by atoms with Crippen molar-refractivity contribution in [2.24, 2.45) is 0 Å². The van der Waals surface area contributed by atoms with Crippen molar-refractivity contribution in [3.05, 3.63) is 24.0 Å². The number of rotatable bonds is 2. The molecule has 9 nitrogen and oxygen atoms in total. The molecule has 0 bridgehead atoms. The van der Waals surface area contributed by atoms with Crippen molar-refractivity contribution in [2.75, 3.05) is 25.9 Å². The molecule has 0 radical (unpaired) electrons. The summed E-state index contributed by atoms with van der Waals surface area (Å²) in [6, 6.07) is 5.55.